The van der Waals surface area contributed by atoms with Gasteiger partial charge in [-0.15, -0.1) is 0 Å². The normalized spacial score (nSPS) is 10.6. The van der Waals surface area contributed by atoms with Crippen molar-refractivity contribution in [1.82, 2.24) is 0 Å². The molecule has 0 bridgehead atoms. The summed E-state index contributed by atoms with van der Waals surface area (Å²) in [5, 5.41) is 0.371. The fraction of sp³-hybridized carbons (Fsp3) is 0.300. The minimum absolute atomic E-state index is 0.0864. The number of carbonyl (C=O) groups excluding carboxylic acids is 1. The van der Waals surface area contributed by atoms with Crippen LogP contribution < -0.4 is 4.74 Å². The van der Waals surface area contributed by atoms with Crippen LogP contribution in [-0.4, -0.2) is 17.7 Å². The number of Topliss-reactive ketones (excluding diaryl/α,β-unsaturated/α-hetero) is 1. The molecule has 0 saturated heterocycles. The van der Waals surface area contributed by atoms with E-state index in [1.54, 1.807) is 0 Å². The molecule has 88 valence electrons. The van der Waals surface area contributed by atoms with Gasteiger partial charge >= 0.3 is 6.61 Å². The van der Waals surface area contributed by atoms with E-state index in [-0.39, 0.29) is 12.0 Å². The van der Waals surface area contributed by atoms with E-state index in [1.165, 1.54) is 12.1 Å². The molecule has 0 radical (unpaired) electrons. The molecule has 0 aromatic heterocycles. The van der Waals surface area contributed by atoms with Gasteiger partial charge in [0.1, 0.15) is 0 Å². The van der Waals surface area contributed by atoms with E-state index in [4.69, 9.17) is 0 Å². The smallest absolute Gasteiger partial charge is 0.387 e. The Morgan fingerprint density at radius 3 is 2.69 bits per heavy atom. The molecular weight excluding hydrogens is 289 g/mol. The maximum absolute atomic E-state index is 13.2. The Morgan fingerprint density at radius 1 is 1.44 bits per heavy atom. The van der Waals surface area contributed by atoms with Crippen LogP contribution in [0, 0.1) is 5.82 Å². The van der Waals surface area contributed by atoms with Crippen molar-refractivity contribution in [2.24, 2.45) is 0 Å². The van der Waals surface area contributed by atoms with Gasteiger partial charge in [0, 0.05) is 11.8 Å². The highest BCUT2D eigenvalue weighted by Crippen LogP contribution is 2.25. The van der Waals surface area contributed by atoms with Crippen molar-refractivity contribution in [2.45, 2.75) is 13.0 Å². The Hall–Kier alpha value is -1.04. The third kappa shape index (κ3) is 3.23. The number of benzene rings is 1. The molecule has 0 aliphatic carbocycles. The second-order valence-electron chi connectivity index (χ2n) is 2.86. The second-order valence-corrected chi connectivity index (χ2v) is 3.65. The SMILES string of the molecule is O=C(CCBr)c1cccc(F)c1OC(F)F. The number of carbonyl (C=O) groups is 1. The fourth-order valence-corrected chi connectivity index (χ4v) is 1.52. The quantitative estimate of drug-likeness (QED) is 0.615. The lowest BCUT2D eigenvalue weighted by molar-refractivity contribution is -0.0525. The molecule has 0 unspecified atom stereocenters. The zero-order valence-electron chi connectivity index (χ0n) is 8.05. The van der Waals surface area contributed by atoms with Crippen LogP contribution in [-0.2, 0) is 0 Å². The largest absolute Gasteiger partial charge is 0.431 e. The van der Waals surface area contributed by atoms with Gasteiger partial charge < -0.3 is 4.74 Å². The number of hydrogen-bond donors (Lipinski definition) is 0. The van der Waals surface area contributed by atoms with E-state index in [0.29, 0.717) is 5.33 Å². The lowest BCUT2D eigenvalue weighted by Gasteiger charge is -2.10. The van der Waals surface area contributed by atoms with Crippen molar-refractivity contribution in [3.63, 3.8) is 0 Å². The second kappa shape index (κ2) is 5.89. The van der Waals surface area contributed by atoms with Crippen LogP contribution >= 0.6 is 15.9 Å². The van der Waals surface area contributed by atoms with Gasteiger partial charge in [0.2, 0.25) is 0 Å². The molecule has 16 heavy (non-hydrogen) atoms. The van der Waals surface area contributed by atoms with Crippen molar-refractivity contribution in [3.05, 3.63) is 29.6 Å². The van der Waals surface area contributed by atoms with Crippen molar-refractivity contribution >= 4 is 21.7 Å². The minimum Gasteiger partial charge on any atom is -0.431 e. The highest BCUT2D eigenvalue weighted by atomic mass is 79.9. The molecule has 0 amide bonds. The summed E-state index contributed by atoms with van der Waals surface area (Å²) in [6.45, 7) is -3.16. The molecule has 0 heterocycles. The van der Waals surface area contributed by atoms with Crippen molar-refractivity contribution < 1.29 is 22.7 Å². The van der Waals surface area contributed by atoms with Crippen molar-refractivity contribution in [1.29, 1.82) is 0 Å². The number of ketones is 1. The molecule has 0 saturated carbocycles. The predicted octanol–water partition coefficient (Wildman–Crippen LogP) is 3.39. The van der Waals surface area contributed by atoms with Crippen LogP contribution in [0.3, 0.4) is 0 Å². The molecule has 6 heteroatoms. The Morgan fingerprint density at radius 2 is 2.12 bits per heavy atom. The van der Waals surface area contributed by atoms with E-state index >= 15 is 0 Å². The molecule has 0 aliphatic heterocycles. The van der Waals surface area contributed by atoms with Gasteiger partial charge in [0.15, 0.2) is 17.3 Å². The van der Waals surface area contributed by atoms with Crippen LogP contribution in [0.5, 0.6) is 5.75 Å². The number of para-hydroxylation sites is 1. The molecule has 0 N–H and O–H groups in total. The van der Waals surface area contributed by atoms with Crippen molar-refractivity contribution in [3.8, 4) is 5.75 Å². The first-order chi connectivity index (χ1) is 7.56. The molecule has 1 aromatic carbocycles. The first-order valence-electron chi connectivity index (χ1n) is 4.38. The van der Waals surface area contributed by atoms with Gasteiger partial charge in [-0.25, -0.2) is 4.39 Å². The highest BCUT2D eigenvalue weighted by Gasteiger charge is 2.18. The summed E-state index contributed by atoms with van der Waals surface area (Å²) in [5.74, 6) is -2.11. The lowest BCUT2D eigenvalue weighted by atomic mass is 10.1. The van der Waals surface area contributed by atoms with E-state index in [9.17, 15) is 18.0 Å². The van der Waals surface area contributed by atoms with Gasteiger partial charge in [0.05, 0.1) is 5.56 Å². The van der Waals surface area contributed by atoms with Crippen molar-refractivity contribution in [2.75, 3.05) is 5.33 Å². The molecule has 0 aliphatic rings. The summed E-state index contributed by atoms with van der Waals surface area (Å²) >= 11 is 3.04. The fourth-order valence-electron chi connectivity index (χ4n) is 1.16. The number of rotatable bonds is 5. The summed E-state index contributed by atoms with van der Waals surface area (Å²) in [4.78, 5) is 11.5. The molecule has 0 spiro atoms. The maximum atomic E-state index is 13.2. The predicted molar refractivity (Wildman–Crippen MR) is 55.8 cm³/mol. The number of alkyl halides is 3. The summed E-state index contributed by atoms with van der Waals surface area (Å²) in [6.07, 6.45) is 0.0864. The average Bonchev–Trinajstić information content (AvgIpc) is 2.20. The molecular formula is C10H8BrF3O2. The summed E-state index contributed by atoms with van der Waals surface area (Å²) in [5.41, 5.74) is -0.167. The Kier molecular flexibility index (Phi) is 4.79. The van der Waals surface area contributed by atoms with Gasteiger partial charge in [-0.3, -0.25) is 4.79 Å². The summed E-state index contributed by atoms with van der Waals surface area (Å²) in [6, 6.07) is 3.49. The zero-order chi connectivity index (χ0) is 12.1. The highest BCUT2D eigenvalue weighted by molar-refractivity contribution is 9.09. The van der Waals surface area contributed by atoms with E-state index in [0.717, 1.165) is 6.07 Å². The molecule has 1 aromatic rings. The van der Waals surface area contributed by atoms with Crippen LogP contribution in [0.1, 0.15) is 16.8 Å². The number of hydrogen-bond acceptors (Lipinski definition) is 2. The molecule has 1 rings (SSSR count). The molecule has 0 fully saturated rings. The van der Waals surface area contributed by atoms with Crippen LogP contribution in [0.15, 0.2) is 18.2 Å². The summed E-state index contributed by atoms with van der Waals surface area (Å²) < 4.78 is 41.2. The van der Waals surface area contributed by atoms with Crippen LogP contribution in [0.25, 0.3) is 0 Å². The standard InChI is InChI=1S/C10H8BrF3O2/c11-5-4-8(15)6-2-1-3-7(12)9(6)16-10(13)14/h1-3,10H,4-5H2. The minimum atomic E-state index is -3.16. The lowest BCUT2D eigenvalue weighted by Crippen LogP contribution is -2.10. The Labute approximate surface area is 98.5 Å². The van der Waals surface area contributed by atoms with E-state index in [1.807, 2.05) is 0 Å². The number of ether oxygens (including phenoxy) is 1. The van der Waals surface area contributed by atoms with Gasteiger partial charge in [-0.2, -0.15) is 8.78 Å². The maximum Gasteiger partial charge on any atom is 0.387 e. The van der Waals surface area contributed by atoms with E-state index in [2.05, 4.69) is 20.7 Å². The zero-order valence-corrected chi connectivity index (χ0v) is 9.64. The topological polar surface area (TPSA) is 26.3 Å². The molecule has 0 atom stereocenters. The summed E-state index contributed by atoms with van der Waals surface area (Å²) in [7, 11) is 0. The van der Waals surface area contributed by atoms with Gasteiger partial charge in [-0.05, 0) is 12.1 Å². The average molecular weight is 297 g/mol. The first-order valence-corrected chi connectivity index (χ1v) is 5.51. The van der Waals surface area contributed by atoms with Crippen LogP contribution in [0.2, 0.25) is 0 Å². The van der Waals surface area contributed by atoms with Gasteiger partial charge in [0.25, 0.3) is 0 Å². The van der Waals surface area contributed by atoms with E-state index < -0.39 is 24.0 Å². The monoisotopic (exact) mass is 296 g/mol. The third-order valence-corrected chi connectivity index (χ3v) is 2.19. The first kappa shape index (κ1) is 13.0. The third-order valence-electron chi connectivity index (χ3n) is 1.80. The molecule has 2 nitrogen and oxygen atoms in total. The van der Waals surface area contributed by atoms with Crippen LogP contribution in [0.4, 0.5) is 13.2 Å². The Bertz CT molecular complexity index is 382. The Balaban J connectivity index is 3.07. The van der Waals surface area contributed by atoms with Gasteiger partial charge in [-0.1, -0.05) is 22.0 Å². The number of halogens is 4.